The number of amides is 1. The number of aromatic amines is 1. The Hall–Kier alpha value is -2.14. The molecule has 3 rings (SSSR count). The topological polar surface area (TPSA) is 79.2 Å². The van der Waals surface area contributed by atoms with E-state index in [0.29, 0.717) is 6.54 Å². The summed E-state index contributed by atoms with van der Waals surface area (Å²) in [6, 6.07) is 7.60. The van der Waals surface area contributed by atoms with E-state index < -0.39 is 0 Å². The van der Waals surface area contributed by atoms with E-state index in [0.717, 1.165) is 41.5 Å². The molecule has 1 fully saturated rings. The van der Waals surface area contributed by atoms with Crippen LogP contribution in [0.4, 0.5) is 0 Å². The quantitative estimate of drug-likeness (QED) is 0.850. The van der Waals surface area contributed by atoms with Crippen LogP contribution in [-0.2, 0) is 4.79 Å². The molecule has 1 amide bonds. The fourth-order valence-corrected chi connectivity index (χ4v) is 3.56. The lowest BCUT2D eigenvalue weighted by Crippen LogP contribution is -2.48. The maximum absolute atomic E-state index is 13.0. The minimum Gasteiger partial charge on any atom is -0.369 e. The summed E-state index contributed by atoms with van der Waals surface area (Å²) in [5.74, 6) is -0.314. The van der Waals surface area contributed by atoms with Crippen molar-refractivity contribution >= 4 is 22.6 Å². The number of piperidine rings is 1. The number of primary amides is 1. The van der Waals surface area contributed by atoms with Crippen LogP contribution in [0.5, 0.6) is 0 Å². The summed E-state index contributed by atoms with van der Waals surface area (Å²) in [5, 5.41) is 0.963. The zero-order chi connectivity index (χ0) is 16.6. The van der Waals surface area contributed by atoms with E-state index in [1.54, 1.807) is 0 Å². The van der Waals surface area contributed by atoms with E-state index in [-0.39, 0.29) is 23.7 Å². The Kier molecular flexibility index (Phi) is 4.22. The summed E-state index contributed by atoms with van der Waals surface area (Å²) in [5.41, 5.74) is 8.08. The number of nitrogens with two attached hydrogens (primary N) is 1. The first-order valence-corrected chi connectivity index (χ1v) is 8.14. The molecule has 1 aliphatic rings. The predicted molar refractivity (Wildman–Crippen MR) is 90.3 cm³/mol. The van der Waals surface area contributed by atoms with E-state index in [9.17, 15) is 9.59 Å². The van der Waals surface area contributed by atoms with Gasteiger partial charge in [0.15, 0.2) is 5.78 Å². The van der Waals surface area contributed by atoms with Gasteiger partial charge in [0.25, 0.3) is 0 Å². The second-order valence-corrected chi connectivity index (χ2v) is 6.45. The number of nitrogens with one attached hydrogen (secondary N) is 1. The predicted octanol–water partition coefficient (Wildman–Crippen LogP) is 2.24. The molecule has 23 heavy (non-hydrogen) atoms. The number of aromatic nitrogens is 1. The molecule has 1 aromatic heterocycles. The van der Waals surface area contributed by atoms with E-state index >= 15 is 0 Å². The number of nitrogens with zero attached hydrogens (tertiary/aromatic N) is 1. The van der Waals surface area contributed by atoms with Crippen molar-refractivity contribution < 1.29 is 9.59 Å². The Labute approximate surface area is 135 Å². The van der Waals surface area contributed by atoms with Crippen molar-refractivity contribution in [2.75, 3.05) is 13.1 Å². The summed E-state index contributed by atoms with van der Waals surface area (Å²) < 4.78 is 0. The number of likely N-dealkylation sites (tertiary alicyclic amines) is 1. The van der Waals surface area contributed by atoms with Crippen molar-refractivity contribution in [3.63, 3.8) is 0 Å². The summed E-state index contributed by atoms with van der Waals surface area (Å²) in [6.45, 7) is 5.26. The minimum atomic E-state index is -0.266. The van der Waals surface area contributed by atoms with Gasteiger partial charge in [-0.15, -0.1) is 0 Å². The zero-order valence-corrected chi connectivity index (χ0v) is 13.6. The van der Waals surface area contributed by atoms with Crippen LogP contribution in [-0.4, -0.2) is 40.7 Å². The molecule has 1 saturated heterocycles. The minimum absolute atomic E-state index is 0.102. The second kappa shape index (κ2) is 6.16. The van der Waals surface area contributed by atoms with E-state index in [4.69, 9.17) is 5.73 Å². The number of hydrogen-bond donors (Lipinski definition) is 2. The second-order valence-electron chi connectivity index (χ2n) is 6.45. The van der Waals surface area contributed by atoms with Crippen molar-refractivity contribution in [1.29, 1.82) is 0 Å². The molecule has 0 radical (unpaired) electrons. The largest absolute Gasteiger partial charge is 0.369 e. The molecule has 0 spiro atoms. The molecule has 1 aromatic carbocycles. The Morgan fingerprint density at radius 2 is 2.09 bits per heavy atom. The van der Waals surface area contributed by atoms with Crippen molar-refractivity contribution in [3.8, 4) is 0 Å². The van der Waals surface area contributed by atoms with Crippen LogP contribution in [0.25, 0.3) is 10.9 Å². The van der Waals surface area contributed by atoms with Crippen LogP contribution in [0.3, 0.4) is 0 Å². The third-order valence-electron chi connectivity index (χ3n) is 4.92. The number of hydrogen-bond acceptors (Lipinski definition) is 3. The number of rotatable bonds is 4. The Morgan fingerprint density at radius 3 is 2.83 bits per heavy atom. The van der Waals surface area contributed by atoms with Crippen molar-refractivity contribution in [3.05, 3.63) is 35.5 Å². The zero-order valence-electron chi connectivity index (χ0n) is 13.6. The number of fused-ring (bicyclic) bond motifs is 1. The van der Waals surface area contributed by atoms with Gasteiger partial charge in [0.05, 0.1) is 12.0 Å². The molecular weight excluding hydrogens is 290 g/mol. The number of carbonyl (C=O) groups excluding carboxylic acids is 2. The molecule has 0 bridgehead atoms. The number of ketones is 1. The highest BCUT2D eigenvalue weighted by molar-refractivity contribution is 6.11. The van der Waals surface area contributed by atoms with Gasteiger partial charge in [0.2, 0.25) is 5.91 Å². The molecule has 2 atom stereocenters. The number of para-hydroxylation sites is 1. The summed E-state index contributed by atoms with van der Waals surface area (Å²) in [4.78, 5) is 29.9. The lowest BCUT2D eigenvalue weighted by Gasteiger charge is -2.34. The summed E-state index contributed by atoms with van der Waals surface area (Å²) in [6.07, 6.45) is 1.72. The molecular formula is C18H23N3O2. The highest BCUT2D eigenvalue weighted by Gasteiger charge is 2.31. The molecule has 1 aliphatic heterocycles. The van der Waals surface area contributed by atoms with Gasteiger partial charge in [-0.2, -0.15) is 0 Å². The number of H-pyrrole nitrogens is 1. The first kappa shape index (κ1) is 15.7. The number of carbonyl (C=O) groups is 2. The average Bonchev–Trinajstić information content (AvgIpc) is 2.89. The van der Waals surface area contributed by atoms with Gasteiger partial charge in [0.1, 0.15) is 0 Å². The highest BCUT2D eigenvalue weighted by atomic mass is 16.1. The van der Waals surface area contributed by atoms with E-state index in [1.165, 1.54) is 0 Å². The van der Waals surface area contributed by atoms with Crippen LogP contribution >= 0.6 is 0 Å². The standard InChI is InChI=1S/C18H23N3O2/c1-11-16(14-7-3-4-8-15(14)20-11)17(22)12(2)21-9-5-6-13(10-21)18(19)23/h3-4,7-8,12-13,20H,5-6,9-10H2,1-2H3,(H2,19,23)/t12-,13-/m0/s1. The molecule has 0 aliphatic carbocycles. The lowest BCUT2D eigenvalue weighted by atomic mass is 9.94. The summed E-state index contributed by atoms with van der Waals surface area (Å²) >= 11 is 0. The first-order valence-electron chi connectivity index (χ1n) is 8.14. The van der Waals surface area contributed by atoms with Crippen LogP contribution < -0.4 is 5.73 Å². The maximum atomic E-state index is 13.0. The average molecular weight is 313 g/mol. The van der Waals surface area contributed by atoms with Crippen molar-refractivity contribution in [2.24, 2.45) is 11.7 Å². The Balaban J connectivity index is 1.87. The molecule has 2 heterocycles. The van der Waals surface area contributed by atoms with Gasteiger partial charge >= 0.3 is 0 Å². The Bertz CT molecular complexity index is 750. The van der Waals surface area contributed by atoms with E-state index in [1.807, 2.05) is 38.1 Å². The number of benzene rings is 1. The highest BCUT2D eigenvalue weighted by Crippen LogP contribution is 2.26. The molecule has 5 heteroatoms. The molecule has 2 aromatic rings. The maximum Gasteiger partial charge on any atom is 0.221 e. The van der Waals surface area contributed by atoms with Gasteiger partial charge in [-0.3, -0.25) is 14.5 Å². The van der Waals surface area contributed by atoms with Crippen LogP contribution in [0.1, 0.15) is 35.8 Å². The van der Waals surface area contributed by atoms with Crippen LogP contribution in [0, 0.1) is 12.8 Å². The van der Waals surface area contributed by atoms with Gasteiger partial charge in [-0.1, -0.05) is 18.2 Å². The normalized spacial score (nSPS) is 20.5. The Morgan fingerprint density at radius 1 is 1.35 bits per heavy atom. The lowest BCUT2D eigenvalue weighted by molar-refractivity contribution is -0.123. The molecule has 0 saturated carbocycles. The third kappa shape index (κ3) is 2.88. The van der Waals surface area contributed by atoms with E-state index in [2.05, 4.69) is 9.88 Å². The van der Waals surface area contributed by atoms with Crippen LogP contribution in [0.2, 0.25) is 0 Å². The van der Waals surface area contributed by atoms with Crippen LogP contribution in [0.15, 0.2) is 24.3 Å². The SMILES string of the molecule is Cc1[nH]c2ccccc2c1C(=O)[C@H](C)N1CCC[C@H](C(N)=O)C1. The fraction of sp³-hybridized carbons (Fsp3) is 0.444. The summed E-state index contributed by atoms with van der Waals surface area (Å²) in [7, 11) is 0. The van der Waals surface area contributed by atoms with Crippen molar-refractivity contribution in [2.45, 2.75) is 32.7 Å². The number of aryl methyl sites for hydroxylation is 1. The first-order chi connectivity index (χ1) is 11.0. The van der Waals surface area contributed by atoms with Gasteiger partial charge < -0.3 is 10.7 Å². The van der Waals surface area contributed by atoms with Gasteiger partial charge in [-0.05, 0) is 39.3 Å². The van der Waals surface area contributed by atoms with Crippen molar-refractivity contribution in [1.82, 2.24) is 9.88 Å². The molecule has 0 unspecified atom stereocenters. The fourth-order valence-electron chi connectivity index (χ4n) is 3.56. The molecule has 3 N–H and O–H groups in total. The molecule has 5 nitrogen and oxygen atoms in total. The smallest absolute Gasteiger partial charge is 0.221 e. The van der Waals surface area contributed by atoms with Gasteiger partial charge in [-0.25, -0.2) is 0 Å². The third-order valence-corrected chi connectivity index (χ3v) is 4.92. The van der Waals surface area contributed by atoms with Gasteiger partial charge in [0, 0.05) is 28.7 Å². The molecule has 122 valence electrons. The monoisotopic (exact) mass is 313 g/mol. The number of Topliss-reactive ketones (excluding diaryl/α,β-unsaturated/α-hetero) is 1.